The van der Waals surface area contributed by atoms with Crippen molar-refractivity contribution in [3.05, 3.63) is 58.1 Å². The Bertz CT molecular complexity index is 871. The molecular formula is C20H20Cl2N2O4. The lowest BCUT2D eigenvalue weighted by atomic mass is 10.2. The van der Waals surface area contributed by atoms with E-state index in [9.17, 15) is 14.4 Å². The van der Waals surface area contributed by atoms with Crippen LogP contribution >= 0.6 is 23.2 Å². The molecule has 2 rings (SSSR count). The molecule has 6 nitrogen and oxygen atoms in total. The molecule has 2 aromatic rings. The van der Waals surface area contributed by atoms with Crippen LogP contribution in [0.25, 0.3) is 0 Å². The number of benzene rings is 2. The van der Waals surface area contributed by atoms with Crippen molar-refractivity contribution in [1.82, 2.24) is 0 Å². The lowest BCUT2D eigenvalue weighted by molar-refractivity contribution is -0.147. The summed E-state index contributed by atoms with van der Waals surface area (Å²) < 4.78 is 4.91. The maximum atomic E-state index is 11.9. The fourth-order valence-corrected chi connectivity index (χ4v) is 2.67. The van der Waals surface area contributed by atoms with Crippen molar-refractivity contribution in [2.45, 2.75) is 26.2 Å². The predicted molar refractivity (Wildman–Crippen MR) is 110 cm³/mol. The number of aryl methyl sites for hydroxylation is 1. The summed E-state index contributed by atoms with van der Waals surface area (Å²) in [4.78, 5) is 35.5. The summed E-state index contributed by atoms with van der Waals surface area (Å²) in [5.41, 5.74) is 2.04. The van der Waals surface area contributed by atoms with Gasteiger partial charge in [0.15, 0.2) is 6.61 Å². The van der Waals surface area contributed by atoms with Crippen molar-refractivity contribution >= 4 is 52.4 Å². The minimum atomic E-state index is -0.559. The van der Waals surface area contributed by atoms with E-state index >= 15 is 0 Å². The number of carbonyl (C=O) groups excluding carboxylic acids is 3. The second-order valence-corrected chi connectivity index (χ2v) is 6.81. The fourth-order valence-electron chi connectivity index (χ4n) is 2.32. The highest BCUT2D eigenvalue weighted by atomic mass is 35.5. The topological polar surface area (TPSA) is 84.5 Å². The molecule has 28 heavy (non-hydrogen) atoms. The number of amides is 2. The minimum absolute atomic E-state index is 0.0341. The number of carbonyl (C=O) groups is 3. The van der Waals surface area contributed by atoms with Gasteiger partial charge < -0.3 is 15.4 Å². The molecule has 0 saturated heterocycles. The van der Waals surface area contributed by atoms with Crippen molar-refractivity contribution in [2.24, 2.45) is 0 Å². The maximum absolute atomic E-state index is 11.9. The standard InChI is InChI=1S/C20H20Cl2N2O4/c1-13-6-2-3-8-15(13)23-17(25)10-5-11-19(27)28-12-18(26)24-16-9-4-7-14(21)20(16)22/h2-4,6-9H,5,10-12H2,1H3,(H,23,25)(H,24,26). The van der Waals surface area contributed by atoms with Crippen molar-refractivity contribution in [1.29, 1.82) is 0 Å². The average Bonchev–Trinajstić information content (AvgIpc) is 2.66. The van der Waals surface area contributed by atoms with E-state index in [1.165, 1.54) is 0 Å². The first-order valence-electron chi connectivity index (χ1n) is 8.62. The third-order valence-electron chi connectivity index (χ3n) is 3.79. The normalized spacial score (nSPS) is 10.2. The second-order valence-electron chi connectivity index (χ2n) is 6.03. The van der Waals surface area contributed by atoms with Crippen molar-refractivity contribution in [3.8, 4) is 0 Å². The van der Waals surface area contributed by atoms with Gasteiger partial charge in [-0.25, -0.2) is 0 Å². The lowest BCUT2D eigenvalue weighted by Gasteiger charge is -2.09. The number of para-hydroxylation sites is 1. The molecule has 0 atom stereocenters. The summed E-state index contributed by atoms with van der Waals surface area (Å²) >= 11 is 11.8. The maximum Gasteiger partial charge on any atom is 0.306 e. The second kappa shape index (κ2) is 10.7. The number of ether oxygens (including phenoxy) is 1. The number of anilines is 2. The molecule has 2 N–H and O–H groups in total. The largest absolute Gasteiger partial charge is 0.456 e. The zero-order valence-electron chi connectivity index (χ0n) is 15.3. The minimum Gasteiger partial charge on any atom is -0.456 e. The van der Waals surface area contributed by atoms with Gasteiger partial charge in [-0.15, -0.1) is 0 Å². The molecule has 0 spiro atoms. The van der Waals surface area contributed by atoms with Crippen molar-refractivity contribution in [3.63, 3.8) is 0 Å². The van der Waals surface area contributed by atoms with Gasteiger partial charge in [-0.05, 0) is 37.1 Å². The molecule has 0 fully saturated rings. The van der Waals surface area contributed by atoms with Crippen LogP contribution in [0.2, 0.25) is 10.0 Å². The molecule has 0 heterocycles. The van der Waals surface area contributed by atoms with E-state index in [4.69, 9.17) is 27.9 Å². The summed E-state index contributed by atoms with van der Waals surface area (Å²) in [6.07, 6.45) is 0.526. The number of hydrogen-bond acceptors (Lipinski definition) is 4. The Labute approximate surface area is 173 Å². The van der Waals surface area contributed by atoms with Crippen LogP contribution in [0.3, 0.4) is 0 Å². The van der Waals surface area contributed by atoms with E-state index in [0.29, 0.717) is 17.1 Å². The molecular weight excluding hydrogens is 403 g/mol. The molecule has 0 radical (unpaired) electrons. The van der Waals surface area contributed by atoms with Gasteiger partial charge in [0.2, 0.25) is 5.91 Å². The number of nitrogens with one attached hydrogen (secondary N) is 2. The van der Waals surface area contributed by atoms with E-state index in [0.717, 1.165) is 11.3 Å². The Balaban J connectivity index is 1.67. The molecule has 0 unspecified atom stereocenters. The van der Waals surface area contributed by atoms with Gasteiger partial charge in [-0.3, -0.25) is 14.4 Å². The monoisotopic (exact) mass is 422 g/mol. The Morgan fingerprint density at radius 2 is 1.57 bits per heavy atom. The first-order valence-corrected chi connectivity index (χ1v) is 9.37. The van der Waals surface area contributed by atoms with E-state index in [1.807, 2.05) is 31.2 Å². The fraction of sp³-hybridized carbons (Fsp3) is 0.250. The Kier molecular flexibility index (Phi) is 8.29. The van der Waals surface area contributed by atoms with Crippen LogP contribution in [-0.4, -0.2) is 24.4 Å². The van der Waals surface area contributed by atoms with E-state index in [-0.39, 0.29) is 23.8 Å². The molecule has 0 aliphatic rings. The molecule has 0 aliphatic heterocycles. The molecule has 0 saturated carbocycles. The molecule has 148 valence electrons. The van der Waals surface area contributed by atoms with Crippen LogP contribution in [0.4, 0.5) is 11.4 Å². The Morgan fingerprint density at radius 3 is 2.32 bits per heavy atom. The molecule has 0 aromatic heterocycles. The predicted octanol–water partition coefficient (Wildman–Crippen LogP) is 4.59. The van der Waals surface area contributed by atoms with Crippen LogP contribution < -0.4 is 10.6 Å². The van der Waals surface area contributed by atoms with Gasteiger partial charge in [0.05, 0.1) is 15.7 Å². The van der Waals surface area contributed by atoms with Crippen LogP contribution in [0.15, 0.2) is 42.5 Å². The highest BCUT2D eigenvalue weighted by Gasteiger charge is 2.12. The highest BCUT2D eigenvalue weighted by molar-refractivity contribution is 6.44. The van der Waals surface area contributed by atoms with E-state index < -0.39 is 18.5 Å². The summed E-state index contributed by atoms with van der Waals surface area (Å²) in [5.74, 6) is -1.28. The van der Waals surface area contributed by atoms with Gasteiger partial charge in [0, 0.05) is 18.5 Å². The van der Waals surface area contributed by atoms with Gasteiger partial charge in [-0.1, -0.05) is 47.5 Å². The molecule has 2 amide bonds. The first kappa shape index (κ1) is 21.7. The van der Waals surface area contributed by atoms with Crippen LogP contribution in [0.5, 0.6) is 0 Å². The lowest BCUT2D eigenvalue weighted by Crippen LogP contribution is -2.21. The van der Waals surface area contributed by atoms with Crippen LogP contribution in [0, 0.1) is 6.92 Å². The highest BCUT2D eigenvalue weighted by Crippen LogP contribution is 2.29. The van der Waals surface area contributed by atoms with E-state index in [2.05, 4.69) is 10.6 Å². The number of esters is 1. The molecule has 8 heteroatoms. The summed E-state index contributed by atoms with van der Waals surface area (Å²) in [5, 5.41) is 5.83. The van der Waals surface area contributed by atoms with Crippen LogP contribution in [-0.2, 0) is 19.1 Å². The quantitative estimate of drug-likeness (QED) is 0.609. The van der Waals surface area contributed by atoms with Crippen LogP contribution in [0.1, 0.15) is 24.8 Å². The zero-order chi connectivity index (χ0) is 20.5. The van der Waals surface area contributed by atoms with Gasteiger partial charge in [0.25, 0.3) is 5.91 Å². The molecule has 2 aromatic carbocycles. The Hall–Kier alpha value is -2.57. The zero-order valence-corrected chi connectivity index (χ0v) is 16.8. The SMILES string of the molecule is Cc1ccccc1NC(=O)CCCC(=O)OCC(=O)Nc1cccc(Cl)c1Cl. The van der Waals surface area contributed by atoms with E-state index in [1.54, 1.807) is 18.2 Å². The molecule has 0 bridgehead atoms. The van der Waals surface area contributed by atoms with Crippen molar-refractivity contribution in [2.75, 3.05) is 17.2 Å². The number of hydrogen-bond donors (Lipinski definition) is 2. The smallest absolute Gasteiger partial charge is 0.306 e. The third-order valence-corrected chi connectivity index (χ3v) is 4.61. The average molecular weight is 423 g/mol. The van der Waals surface area contributed by atoms with Gasteiger partial charge in [0.1, 0.15) is 0 Å². The first-order chi connectivity index (χ1) is 13.4. The van der Waals surface area contributed by atoms with Gasteiger partial charge in [-0.2, -0.15) is 0 Å². The number of rotatable bonds is 8. The number of halogens is 2. The summed E-state index contributed by atoms with van der Waals surface area (Å²) in [6, 6.07) is 12.2. The summed E-state index contributed by atoms with van der Waals surface area (Å²) in [7, 11) is 0. The van der Waals surface area contributed by atoms with Crippen molar-refractivity contribution < 1.29 is 19.1 Å². The Morgan fingerprint density at radius 1 is 0.893 bits per heavy atom. The summed E-state index contributed by atoms with van der Waals surface area (Å²) in [6.45, 7) is 1.45. The third kappa shape index (κ3) is 6.87. The molecule has 0 aliphatic carbocycles. The van der Waals surface area contributed by atoms with Gasteiger partial charge >= 0.3 is 5.97 Å².